The summed E-state index contributed by atoms with van der Waals surface area (Å²) in [5, 5.41) is 8.90. The van der Waals surface area contributed by atoms with Crippen molar-refractivity contribution in [1.82, 2.24) is 9.80 Å². The molecule has 17 heavy (non-hydrogen) atoms. The Kier molecular flexibility index (Phi) is 7.16. The first kappa shape index (κ1) is 14.4. The van der Waals surface area contributed by atoms with E-state index in [-0.39, 0.29) is 12.6 Å². The quantitative estimate of drug-likeness (QED) is 0.663. The predicted molar refractivity (Wildman–Crippen MR) is 65.8 cm³/mol. The van der Waals surface area contributed by atoms with Crippen molar-refractivity contribution < 1.29 is 14.6 Å². The number of hydrogen-bond donors (Lipinski definition) is 1. The van der Waals surface area contributed by atoms with E-state index >= 15 is 0 Å². The van der Waals surface area contributed by atoms with Gasteiger partial charge in [0.25, 0.3) is 0 Å². The number of nitrogens with zero attached hydrogens (tertiary/aromatic N) is 2. The van der Waals surface area contributed by atoms with Crippen LogP contribution < -0.4 is 0 Å². The van der Waals surface area contributed by atoms with Gasteiger partial charge in [-0.2, -0.15) is 0 Å². The minimum Gasteiger partial charge on any atom is -0.469 e. The standard InChI is InChI=1S/C12H24N2O3/c1-17-12(16)4-2-5-13-6-3-7-14(9-8-13)10-11-15/h15H,2-11H2,1H3. The zero-order valence-electron chi connectivity index (χ0n) is 10.7. The van der Waals surface area contributed by atoms with Crippen LogP contribution in [-0.4, -0.2) is 73.9 Å². The first-order chi connectivity index (χ1) is 8.26. The van der Waals surface area contributed by atoms with Crippen LogP contribution in [-0.2, 0) is 9.53 Å². The molecule has 1 heterocycles. The first-order valence-corrected chi connectivity index (χ1v) is 6.38. The molecule has 0 aromatic carbocycles. The highest BCUT2D eigenvalue weighted by atomic mass is 16.5. The zero-order valence-corrected chi connectivity index (χ0v) is 10.7. The lowest BCUT2D eigenvalue weighted by molar-refractivity contribution is -0.140. The third kappa shape index (κ3) is 6.00. The number of methoxy groups -OCH3 is 1. The molecule has 0 unspecified atom stereocenters. The smallest absolute Gasteiger partial charge is 0.305 e. The second-order valence-corrected chi connectivity index (χ2v) is 4.44. The average molecular weight is 244 g/mol. The monoisotopic (exact) mass is 244 g/mol. The predicted octanol–water partition coefficient (Wildman–Crippen LogP) is -0.0604. The van der Waals surface area contributed by atoms with Gasteiger partial charge in [-0.1, -0.05) is 0 Å². The normalized spacial score (nSPS) is 18.9. The minimum atomic E-state index is -0.123. The lowest BCUT2D eigenvalue weighted by Crippen LogP contribution is -2.33. The van der Waals surface area contributed by atoms with Gasteiger partial charge in [-0.05, 0) is 32.5 Å². The van der Waals surface area contributed by atoms with E-state index in [0.717, 1.165) is 52.1 Å². The number of carbonyl (C=O) groups excluding carboxylic acids is 1. The second kappa shape index (κ2) is 8.44. The molecule has 0 atom stereocenters. The first-order valence-electron chi connectivity index (χ1n) is 6.38. The molecule has 100 valence electrons. The highest BCUT2D eigenvalue weighted by Crippen LogP contribution is 2.04. The van der Waals surface area contributed by atoms with Crippen molar-refractivity contribution in [2.75, 3.05) is 53.0 Å². The molecule has 5 nitrogen and oxygen atoms in total. The molecule has 1 aliphatic heterocycles. The summed E-state index contributed by atoms with van der Waals surface area (Å²) in [5.41, 5.74) is 0. The molecular formula is C12H24N2O3. The Bertz CT molecular complexity index is 224. The Morgan fingerprint density at radius 2 is 1.82 bits per heavy atom. The molecule has 0 aromatic rings. The Hall–Kier alpha value is -0.650. The maximum absolute atomic E-state index is 11.0. The Balaban J connectivity index is 2.15. The fourth-order valence-corrected chi connectivity index (χ4v) is 2.16. The summed E-state index contributed by atoms with van der Waals surface area (Å²) in [4.78, 5) is 15.7. The number of hydrogen-bond acceptors (Lipinski definition) is 5. The van der Waals surface area contributed by atoms with E-state index in [1.54, 1.807) is 0 Å². The molecular weight excluding hydrogens is 220 g/mol. The van der Waals surface area contributed by atoms with Gasteiger partial charge in [0.2, 0.25) is 0 Å². The van der Waals surface area contributed by atoms with Crippen LogP contribution in [0, 0.1) is 0 Å². The summed E-state index contributed by atoms with van der Waals surface area (Å²) < 4.78 is 4.62. The molecule has 1 fully saturated rings. The lowest BCUT2D eigenvalue weighted by Gasteiger charge is -2.20. The SMILES string of the molecule is COC(=O)CCCN1CCCN(CCO)CC1. The lowest BCUT2D eigenvalue weighted by atomic mass is 10.3. The fraction of sp³-hybridized carbons (Fsp3) is 0.917. The maximum atomic E-state index is 11.0. The van der Waals surface area contributed by atoms with Crippen LogP contribution in [0.15, 0.2) is 0 Å². The van der Waals surface area contributed by atoms with Crippen LogP contribution in [0.25, 0.3) is 0 Å². The van der Waals surface area contributed by atoms with Crippen molar-refractivity contribution in [3.63, 3.8) is 0 Å². The Labute approximate surface area is 103 Å². The van der Waals surface area contributed by atoms with Crippen LogP contribution >= 0.6 is 0 Å². The molecule has 5 heteroatoms. The average Bonchev–Trinajstić information content (AvgIpc) is 2.55. The molecule has 1 saturated heterocycles. The third-order valence-electron chi connectivity index (χ3n) is 3.18. The van der Waals surface area contributed by atoms with Crippen molar-refractivity contribution in [2.24, 2.45) is 0 Å². The maximum Gasteiger partial charge on any atom is 0.305 e. The number of aliphatic hydroxyl groups is 1. The largest absolute Gasteiger partial charge is 0.469 e. The van der Waals surface area contributed by atoms with E-state index < -0.39 is 0 Å². The molecule has 0 bridgehead atoms. The number of β-amino-alcohol motifs (C(OH)–C–C–N with tert-alkyl or cyclic N) is 1. The number of aliphatic hydroxyl groups excluding tert-OH is 1. The third-order valence-corrected chi connectivity index (χ3v) is 3.18. The van der Waals surface area contributed by atoms with E-state index in [4.69, 9.17) is 5.11 Å². The molecule has 0 aromatic heterocycles. The fourth-order valence-electron chi connectivity index (χ4n) is 2.16. The summed E-state index contributed by atoms with van der Waals surface area (Å²) in [6, 6.07) is 0. The van der Waals surface area contributed by atoms with Gasteiger partial charge in [0.1, 0.15) is 0 Å². The van der Waals surface area contributed by atoms with Crippen LogP contribution in [0.3, 0.4) is 0 Å². The van der Waals surface area contributed by atoms with Gasteiger partial charge in [-0.25, -0.2) is 0 Å². The summed E-state index contributed by atoms with van der Waals surface area (Å²) in [7, 11) is 1.43. The van der Waals surface area contributed by atoms with Gasteiger partial charge < -0.3 is 14.7 Å². The molecule has 0 spiro atoms. The molecule has 1 aliphatic rings. The molecule has 1 rings (SSSR count). The number of carbonyl (C=O) groups is 1. The van der Waals surface area contributed by atoms with E-state index in [0.29, 0.717) is 6.42 Å². The molecule has 0 aliphatic carbocycles. The minimum absolute atomic E-state index is 0.123. The Morgan fingerprint density at radius 3 is 2.41 bits per heavy atom. The van der Waals surface area contributed by atoms with E-state index in [1.807, 2.05) is 0 Å². The van der Waals surface area contributed by atoms with Crippen LogP contribution in [0.5, 0.6) is 0 Å². The van der Waals surface area contributed by atoms with Crippen LogP contribution in [0.1, 0.15) is 19.3 Å². The van der Waals surface area contributed by atoms with E-state index in [1.165, 1.54) is 7.11 Å². The van der Waals surface area contributed by atoms with Crippen molar-refractivity contribution in [3.05, 3.63) is 0 Å². The summed E-state index contributed by atoms with van der Waals surface area (Å²) in [6.45, 7) is 6.16. The molecule has 0 saturated carbocycles. The highest BCUT2D eigenvalue weighted by Gasteiger charge is 2.14. The van der Waals surface area contributed by atoms with Gasteiger partial charge in [0.15, 0.2) is 0 Å². The van der Waals surface area contributed by atoms with Crippen molar-refractivity contribution in [3.8, 4) is 0 Å². The van der Waals surface area contributed by atoms with Crippen LogP contribution in [0.2, 0.25) is 0 Å². The molecule has 0 radical (unpaired) electrons. The Morgan fingerprint density at radius 1 is 1.18 bits per heavy atom. The van der Waals surface area contributed by atoms with Crippen LogP contribution in [0.4, 0.5) is 0 Å². The van der Waals surface area contributed by atoms with Gasteiger partial charge in [0.05, 0.1) is 13.7 Å². The summed E-state index contributed by atoms with van der Waals surface area (Å²) >= 11 is 0. The van der Waals surface area contributed by atoms with E-state index in [9.17, 15) is 4.79 Å². The van der Waals surface area contributed by atoms with Gasteiger partial charge in [0, 0.05) is 26.1 Å². The van der Waals surface area contributed by atoms with Gasteiger partial charge in [-0.15, -0.1) is 0 Å². The topological polar surface area (TPSA) is 53.0 Å². The highest BCUT2D eigenvalue weighted by molar-refractivity contribution is 5.69. The summed E-state index contributed by atoms with van der Waals surface area (Å²) in [5.74, 6) is -0.123. The van der Waals surface area contributed by atoms with Crippen molar-refractivity contribution in [2.45, 2.75) is 19.3 Å². The summed E-state index contributed by atoms with van der Waals surface area (Å²) in [6.07, 6.45) is 2.51. The van der Waals surface area contributed by atoms with Gasteiger partial charge in [-0.3, -0.25) is 9.69 Å². The second-order valence-electron chi connectivity index (χ2n) is 4.44. The number of ether oxygens (including phenoxy) is 1. The van der Waals surface area contributed by atoms with Gasteiger partial charge >= 0.3 is 5.97 Å². The van der Waals surface area contributed by atoms with E-state index in [2.05, 4.69) is 14.5 Å². The van der Waals surface area contributed by atoms with Crippen molar-refractivity contribution in [1.29, 1.82) is 0 Å². The molecule has 1 N–H and O–H groups in total. The molecule has 0 amide bonds. The van der Waals surface area contributed by atoms with Crippen molar-refractivity contribution >= 4 is 5.97 Å². The number of rotatable bonds is 6. The number of esters is 1. The zero-order chi connectivity index (χ0) is 12.5.